The van der Waals surface area contributed by atoms with Gasteiger partial charge >= 0.3 is 0 Å². The fourth-order valence-electron chi connectivity index (χ4n) is 3.86. The van der Waals surface area contributed by atoms with Crippen molar-refractivity contribution in [2.75, 3.05) is 39.3 Å². The first-order valence-electron chi connectivity index (χ1n) is 9.61. The zero-order chi connectivity index (χ0) is 19.7. The van der Waals surface area contributed by atoms with Crippen molar-refractivity contribution in [3.05, 3.63) is 40.7 Å². The third kappa shape index (κ3) is 3.71. The van der Waals surface area contributed by atoms with Crippen LogP contribution in [0.25, 0.3) is 0 Å². The molecule has 28 heavy (non-hydrogen) atoms. The summed E-state index contributed by atoms with van der Waals surface area (Å²) in [6.45, 7) is 6.17. The van der Waals surface area contributed by atoms with Crippen LogP contribution in [0, 0.1) is 0 Å². The molecule has 1 fully saturated rings. The molecule has 0 aliphatic carbocycles. The number of piperazine rings is 1. The standard InChI is InChI=1S/C19H24ClN5O2S/c1-2-15-21-19-25(22-15)18(27)17(28-19)16(13-5-3-4-6-14(13)20)24-9-7-23(8-10-24)11-12-26/h3-6,16-17,26H,2,7-12H2,1H3. The first-order valence-corrected chi connectivity index (χ1v) is 10.9. The van der Waals surface area contributed by atoms with Gasteiger partial charge in [-0.05, 0) is 11.6 Å². The molecule has 2 aliphatic rings. The minimum Gasteiger partial charge on any atom is -0.395 e. The SMILES string of the molecule is CCc1nc2n(n1)C(=O)C(C(c1ccccc1Cl)N1CCN(CCO)CC1)S2. The van der Waals surface area contributed by atoms with Crippen LogP contribution < -0.4 is 0 Å². The third-order valence-electron chi connectivity index (χ3n) is 5.35. The topological polar surface area (TPSA) is 74.5 Å². The van der Waals surface area contributed by atoms with Crippen LogP contribution in [0.3, 0.4) is 0 Å². The van der Waals surface area contributed by atoms with Crippen molar-refractivity contribution in [2.45, 2.75) is 29.8 Å². The van der Waals surface area contributed by atoms with Gasteiger partial charge < -0.3 is 5.11 Å². The second-order valence-electron chi connectivity index (χ2n) is 7.02. The smallest absolute Gasteiger partial charge is 0.264 e. The van der Waals surface area contributed by atoms with Gasteiger partial charge in [-0.15, -0.1) is 5.10 Å². The van der Waals surface area contributed by atoms with Crippen molar-refractivity contribution in [1.29, 1.82) is 0 Å². The van der Waals surface area contributed by atoms with Gasteiger partial charge in [0.05, 0.1) is 12.6 Å². The Morgan fingerprint density at radius 2 is 2.04 bits per heavy atom. The van der Waals surface area contributed by atoms with Crippen molar-refractivity contribution in [3.8, 4) is 0 Å². The summed E-state index contributed by atoms with van der Waals surface area (Å²) < 4.78 is 1.46. The summed E-state index contributed by atoms with van der Waals surface area (Å²) in [7, 11) is 0. The summed E-state index contributed by atoms with van der Waals surface area (Å²) in [6, 6.07) is 7.61. The first-order chi connectivity index (χ1) is 13.6. The normalized spacial score (nSPS) is 21.8. The number of aromatic nitrogens is 3. The summed E-state index contributed by atoms with van der Waals surface area (Å²) in [5, 5.41) is 14.6. The lowest BCUT2D eigenvalue weighted by atomic mass is 10.00. The average molecular weight is 422 g/mol. The molecule has 9 heteroatoms. The van der Waals surface area contributed by atoms with Crippen molar-refractivity contribution >= 4 is 29.3 Å². The van der Waals surface area contributed by atoms with Crippen LogP contribution in [0.2, 0.25) is 5.02 Å². The van der Waals surface area contributed by atoms with Crippen LogP contribution in [0.1, 0.15) is 29.1 Å². The Kier molecular flexibility index (Phi) is 6.03. The maximum atomic E-state index is 13.2. The Morgan fingerprint density at radius 3 is 2.68 bits per heavy atom. The molecule has 0 saturated carbocycles. The number of hydrogen-bond donors (Lipinski definition) is 1. The molecular weight excluding hydrogens is 398 g/mol. The molecule has 0 amide bonds. The van der Waals surface area contributed by atoms with Gasteiger partial charge in [-0.3, -0.25) is 14.6 Å². The molecule has 2 aliphatic heterocycles. The monoisotopic (exact) mass is 421 g/mol. The highest BCUT2D eigenvalue weighted by Gasteiger charge is 2.44. The van der Waals surface area contributed by atoms with E-state index in [0.717, 1.165) is 31.7 Å². The third-order valence-corrected chi connectivity index (χ3v) is 6.88. The number of rotatable bonds is 6. The molecule has 1 N–H and O–H groups in total. The minimum absolute atomic E-state index is 0.0325. The summed E-state index contributed by atoms with van der Waals surface area (Å²) in [4.78, 5) is 22.3. The molecule has 0 radical (unpaired) electrons. The number of nitrogens with zero attached hydrogens (tertiary/aromatic N) is 5. The number of carbonyl (C=O) groups excluding carboxylic acids is 1. The van der Waals surface area contributed by atoms with Crippen molar-refractivity contribution in [2.24, 2.45) is 0 Å². The number of aliphatic hydroxyl groups excluding tert-OH is 1. The lowest BCUT2D eigenvalue weighted by Crippen LogP contribution is -2.51. The van der Waals surface area contributed by atoms with Crippen LogP contribution >= 0.6 is 23.4 Å². The van der Waals surface area contributed by atoms with E-state index in [1.165, 1.54) is 16.4 Å². The Balaban J connectivity index is 1.62. The zero-order valence-corrected chi connectivity index (χ0v) is 17.4. The summed E-state index contributed by atoms with van der Waals surface area (Å²) in [6.07, 6.45) is 0.708. The highest BCUT2D eigenvalue weighted by Crippen LogP contribution is 2.42. The molecule has 1 saturated heterocycles. The Hall–Kier alpha value is -1.45. The molecule has 1 aromatic heterocycles. The molecule has 4 rings (SSSR count). The van der Waals surface area contributed by atoms with Crippen molar-refractivity contribution in [3.63, 3.8) is 0 Å². The zero-order valence-electron chi connectivity index (χ0n) is 15.8. The maximum absolute atomic E-state index is 13.2. The number of aryl methyl sites for hydroxylation is 1. The van der Waals surface area contributed by atoms with Gasteiger partial charge in [-0.25, -0.2) is 4.98 Å². The van der Waals surface area contributed by atoms with Crippen LogP contribution in [0.4, 0.5) is 0 Å². The summed E-state index contributed by atoms with van der Waals surface area (Å²) in [5.74, 6) is 0.663. The number of carbonyl (C=O) groups is 1. The molecule has 0 bridgehead atoms. The molecule has 7 nitrogen and oxygen atoms in total. The number of benzene rings is 1. The molecule has 1 aromatic carbocycles. The number of halogens is 1. The fourth-order valence-corrected chi connectivity index (χ4v) is 5.38. The van der Waals surface area contributed by atoms with Crippen LogP contribution in [0.15, 0.2) is 29.4 Å². The first kappa shape index (κ1) is 19.8. The Labute approximate surface area is 173 Å². The van der Waals surface area contributed by atoms with Gasteiger partial charge in [-0.2, -0.15) is 4.68 Å². The Morgan fingerprint density at radius 1 is 1.29 bits per heavy atom. The number of fused-ring (bicyclic) bond motifs is 1. The number of hydrogen-bond acceptors (Lipinski definition) is 7. The molecule has 2 atom stereocenters. The predicted molar refractivity (Wildman–Crippen MR) is 109 cm³/mol. The van der Waals surface area contributed by atoms with Crippen molar-refractivity contribution < 1.29 is 9.90 Å². The summed E-state index contributed by atoms with van der Waals surface area (Å²) >= 11 is 8.03. The lowest BCUT2D eigenvalue weighted by molar-refractivity contribution is 0.0689. The second kappa shape index (κ2) is 8.51. The molecule has 0 spiro atoms. The highest BCUT2D eigenvalue weighted by molar-refractivity contribution is 8.00. The summed E-state index contributed by atoms with van der Waals surface area (Å²) in [5.41, 5.74) is 0.965. The average Bonchev–Trinajstić information content (AvgIpc) is 3.24. The van der Waals surface area contributed by atoms with Gasteiger partial charge in [0.25, 0.3) is 5.91 Å². The number of aliphatic hydroxyl groups is 1. The van der Waals surface area contributed by atoms with Gasteiger partial charge in [0.15, 0.2) is 11.0 Å². The van der Waals surface area contributed by atoms with E-state index in [-0.39, 0.29) is 23.8 Å². The van der Waals surface area contributed by atoms with E-state index in [1.807, 2.05) is 31.2 Å². The largest absolute Gasteiger partial charge is 0.395 e. The van der Waals surface area contributed by atoms with Gasteiger partial charge in [0.2, 0.25) is 0 Å². The number of β-amino-alcohol motifs (C(OH)–C–C–N with tert-alkyl or cyclic N) is 1. The molecule has 2 unspecified atom stereocenters. The van der Waals surface area contributed by atoms with E-state index in [9.17, 15) is 9.90 Å². The van der Waals surface area contributed by atoms with E-state index >= 15 is 0 Å². The van der Waals surface area contributed by atoms with E-state index in [2.05, 4.69) is 19.9 Å². The van der Waals surface area contributed by atoms with Crippen molar-refractivity contribution in [1.82, 2.24) is 24.6 Å². The van der Waals surface area contributed by atoms with Crippen LogP contribution in [-0.2, 0) is 6.42 Å². The highest BCUT2D eigenvalue weighted by atomic mass is 35.5. The maximum Gasteiger partial charge on any atom is 0.264 e. The van der Waals surface area contributed by atoms with Gasteiger partial charge in [0, 0.05) is 44.2 Å². The molecule has 2 aromatic rings. The van der Waals surface area contributed by atoms with E-state index < -0.39 is 0 Å². The van der Waals surface area contributed by atoms with E-state index in [4.69, 9.17) is 11.6 Å². The lowest BCUT2D eigenvalue weighted by Gasteiger charge is -2.41. The molecule has 3 heterocycles. The quantitative estimate of drug-likeness (QED) is 0.764. The Bertz CT molecular complexity index is 853. The van der Waals surface area contributed by atoms with Gasteiger partial charge in [-0.1, -0.05) is 48.5 Å². The van der Waals surface area contributed by atoms with E-state index in [0.29, 0.717) is 29.0 Å². The van der Waals surface area contributed by atoms with Crippen LogP contribution in [0.5, 0.6) is 0 Å². The minimum atomic E-state index is -0.329. The predicted octanol–water partition coefficient (Wildman–Crippen LogP) is 1.96. The van der Waals surface area contributed by atoms with Crippen LogP contribution in [-0.4, -0.2) is 80.2 Å². The van der Waals surface area contributed by atoms with Gasteiger partial charge in [0.1, 0.15) is 5.25 Å². The second-order valence-corrected chi connectivity index (χ2v) is 8.54. The number of thioether (sulfide) groups is 1. The molecule has 150 valence electrons. The fraction of sp³-hybridized carbons (Fsp3) is 0.526. The van der Waals surface area contributed by atoms with E-state index in [1.54, 1.807) is 0 Å². The molecular formula is C19H24ClN5O2S.